The Morgan fingerprint density at radius 3 is 2.91 bits per heavy atom. The van der Waals surface area contributed by atoms with Gasteiger partial charge in [0, 0.05) is 44.0 Å². The monoisotopic (exact) mass is 324 g/mol. The molecule has 1 aliphatic heterocycles. The van der Waals surface area contributed by atoms with Crippen LogP contribution in [0.5, 0.6) is 0 Å². The smallest absolute Gasteiger partial charge is 0.193 e. The van der Waals surface area contributed by atoms with Crippen molar-refractivity contribution in [2.24, 2.45) is 10.9 Å². The van der Waals surface area contributed by atoms with Crippen LogP contribution in [0.15, 0.2) is 10.4 Å². The number of hydrogen-bond donors (Lipinski definition) is 1. The van der Waals surface area contributed by atoms with Gasteiger partial charge in [-0.3, -0.25) is 4.99 Å². The predicted molar refractivity (Wildman–Crippen MR) is 92.6 cm³/mol. The lowest BCUT2D eigenvalue weighted by atomic mass is 9.98. The van der Waals surface area contributed by atoms with Crippen LogP contribution in [0.2, 0.25) is 0 Å². The van der Waals surface area contributed by atoms with Crippen LogP contribution in [0.1, 0.15) is 37.9 Å². The normalized spacial score (nSPS) is 19.8. The summed E-state index contributed by atoms with van der Waals surface area (Å²) in [5.41, 5.74) is 1.20. The highest BCUT2D eigenvalue weighted by Crippen LogP contribution is 2.25. The fourth-order valence-corrected chi connectivity index (χ4v) is 3.54. The van der Waals surface area contributed by atoms with Crippen LogP contribution in [0, 0.1) is 5.92 Å². The molecule has 1 atom stereocenters. The van der Waals surface area contributed by atoms with Crippen molar-refractivity contribution in [3.05, 3.63) is 16.1 Å². The maximum absolute atomic E-state index is 5.26. The third-order valence-corrected chi connectivity index (χ3v) is 5.14. The van der Waals surface area contributed by atoms with Crippen molar-refractivity contribution in [3.63, 3.8) is 0 Å². The zero-order valence-electron chi connectivity index (χ0n) is 14.3. The summed E-state index contributed by atoms with van der Waals surface area (Å²) in [6.07, 6.45) is 1.17. The van der Waals surface area contributed by atoms with Crippen molar-refractivity contribution in [1.82, 2.24) is 15.2 Å². The Labute approximate surface area is 137 Å². The summed E-state index contributed by atoms with van der Waals surface area (Å²) in [5, 5.41) is 6.75. The molecule has 6 heteroatoms. The minimum Gasteiger partial charge on any atom is -0.384 e. The first kappa shape index (κ1) is 17.2. The maximum Gasteiger partial charge on any atom is 0.193 e. The van der Waals surface area contributed by atoms with Crippen molar-refractivity contribution in [1.29, 1.82) is 0 Å². The molecule has 1 unspecified atom stereocenters. The van der Waals surface area contributed by atoms with E-state index < -0.39 is 0 Å². The first-order valence-corrected chi connectivity index (χ1v) is 8.71. The van der Waals surface area contributed by atoms with Gasteiger partial charge in [0.15, 0.2) is 5.96 Å². The number of nitrogens with one attached hydrogen (secondary N) is 1. The molecule has 2 rings (SSSR count). The molecule has 0 saturated carbocycles. The summed E-state index contributed by atoms with van der Waals surface area (Å²) in [6.45, 7) is 10.2. The third kappa shape index (κ3) is 4.43. The average molecular weight is 324 g/mol. The maximum atomic E-state index is 5.26. The molecule has 1 fully saturated rings. The zero-order chi connectivity index (χ0) is 16.2. The largest absolute Gasteiger partial charge is 0.384 e. The van der Waals surface area contributed by atoms with Gasteiger partial charge in [-0.15, -0.1) is 11.3 Å². The van der Waals surface area contributed by atoms with Crippen LogP contribution in [-0.2, 0) is 16.7 Å². The average Bonchev–Trinajstić information content (AvgIpc) is 3.09. The van der Waals surface area contributed by atoms with Gasteiger partial charge in [-0.2, -0.15) is 0 Å². The lowest BCUT2D eigenvalue weighted by Crippen LogP contribution is -2.39. The number of nitrogens with zero attached hydrogens (tertiary/aromatic N) is 3. The first-order valence-electron chi connectivity index (χ1n) is 7.83. The number of methoxy groups -OCH3 is 1. The quantitative estimate of drug-likeness (QED) is 0.683. The van der Waals surface area contributed by atoms with E-state index in [2.05, 4.69) is 41.4 Å². The van der Waals surface area contributed by atoms with Gasteiger partial charge in [-0.1, -0.05) is 20.8 Å². The summed E-state index contributed by atoms with van der Waals surface area (Å²) in [4.78, 5) is 11.4. The van der Waals surface area contributed by atoms with Gasteiger partial charge in [-0.05, 0) is 6.42 Å². The molecule has 124 valence electrons. The highest BCUT2D eigenvalue weighted by molar-refractivity contribution is 7.09. The van der Waals surface area contributed by atoms with Gasteiger partial charge >= 0.3 is 0 Å². The lowest BCUT2D eigenvalue weighted by molar-refractivity contribution is 0.157. The number of guanidine groups is 1. The Balaban J connectivity index is 1.88. The molecule has 1 saturated heterocycles. The van der Waals surface area contributed by atoms with E-state index in [1.807, 2.05) is 7.05 Å². The number of thiazole rings is 1. The van der Waals surface area contributed by atoms with Gasteiger partial charge in [0.25, 0.3) is 0 Å². The van der Waals surface area contributed by atoms with E-state index in [4.69, 9.17) is 9.72 Å². The molecule has 0 radical (unpaired) electrons. The SMILES string of the molecule is CN=C(NCc1csc(C(C)(C)C)n1)N1CCC(COC)C1. The van der Waals surface area contributed by atoms with Gasteiger partial charge in [-0.25, -0.2) is 4.98 Å². The Hall–Kier alpha value is -1.14. The van der Waals surface area contributed by atoms with Crippen LogP contribution in [0.25, 0.3) is 0 Å². The molecule has 0 amide bonds. The van der Waals surface area contributed by atoms with E-state index in [9.17, 15) is 0 Å². The molecule has 1 N–H and O–H groups in total. The van der Waals surface area contributed by atoms with Crippen LogP contribution in [0.3, 0.4) is 0 Å². The van der Waals surface area contributed by atoms with E-state index in [0.29, 0.717) is 5.92 Å². The summed E-state index contributed by atoms with van der Waals surface area (Å²) < 4.78 is 5.26. The molecule has 1 aliphatic rings. The lowest BCUT2D eigenvalue weighted by Gasteiger charge is -2.21. The van der Waals surface area contributed by atoms with Crippen molar-refractivity contribution in [2.45, 2.75) is 39.2 Å². The van der Waals surface area contributed by atoms with Crippen LogP contribution < -0.4 is 5.32 Å². The standard InChI is InChI=1S/C16H28N4OS/c1-16(2,3)14-19-13(11-22-14)8-18-15(17-4)20-7-6-12(9-20)10-21-5/h11-12H,6-10H2,1-5H3,(H,17,18). The molecule has 0 spiro atoms. The summed E-state index contributed by atoms with van der Waals surface area (Å²) in [6, 6.07) is 0. The molecule has 0 aromatic carbocycles. The molecule has 0 aliphatic carbocycles. The minimum atomic E-state index is 0.118. The molecule has 1 aromatic rings. The van der Waals surface area contributed by atoms with E-state index in [1.54, 1.807) is 18.4 Å². The summed E-state index contributed by atoms with van der Waals surface area (Å²) in [5.74, 6) is 1.57. The van der Waals surface area contributed by atoms with Crippen LogP contribution >= 0.6 is 11.3 Å². The molecule has 5 nitrogen and oxygen atoms in total. The second-order valence-electron chi connectivity index (χ2n) is 6.85. The van der Waals surface area contributed by atoms with Gasteiger partial charge in [0.05, 0.1) is 23.9 Å². The molecular weight excluding hydrogens is 296 g/mol. The second kappa shape index (κ2) is 7.42. The van der Waals surface area contributed by atoms with Gasteiger partial charge < -0.3 is 15.0 Å². The number of aliphatic imine (C=N–C) groups is 1. The second-order valence-corrected chi connectivity index (χ2v) is 7.71. The number of likely N-dealkylation sites (tertiary alicyclic amines) is 1. The number of hydrogen-bond acceptors (Lipinski definition) is 4. The van der Waals surface area contributed by atoms with Crippen molar-refractivity contribution >= 4 is 17.3 Å². The Kier molecular flexibility index (Phi) is 5.81. The minimum absolute atomic E-state index is 0.118. The molecule has 1 aromatic heterocycles. The van der Waals surface area contributed by atoms with Gasteiger partial charge in [0.2, 0.25) is 0 Å². The van der Waals surface area contributed by atoms with E-state index in [0.717, 1.165) is 37.9 Å². The molecule has 2 heterocycles. The Morgan fingerprint density at radius 1 is 1.55 bits per heavy atom. The van der Waals surface area contributed by atoms with Crippen LogP contribution in [0.4, 0.5) is 0 Å². The Morgan fingerprint density at radius 2 is 2.32 bits per heavy atom. The fraction of sp³-hybridized carbons (Fsp3) is 0.750. The number of ether oxygens (including phenoxy) is 1. The number of aromatic nitrogens is 1. The number of rotatable bonds is 4. The third-order valence-electron chi connectivity index (χ3n) is 3.82. The van der Waals surface area contributed by atoms with Crippen molar-refractivity contribution in [3.8, 4) is 0 Å². The van der Waals surface area contributed by atoms with Crippen molar-refractivity contribution in [2.75, 3.05) is 33.9 Å². The fourth-order valence-electron chi connectivity index (χ4n) is 2.63. The topological polar surface area (TPSA) is 49.8 Å². The zero-order valence-corrected chi connectivity index (χ0v) is 15.2. The molecular formula is C16H28N4OS. The highest BCUT2D eigenvalue weighted by Gasteiger charge is 2.25. The van der Waals surface area contributed by atoms with E-state index in [-0.39, 0.29) is 5.41 Å². The summed E-state index contributed by atoms with van der Waals surface area (Å²) in [7, 11) is 3.61. The predicted octanol–water partition coefficient (Wildman–Crippen LogP) is 2.48. The van der Waals surface area contributed by atoms with Crippen molar-refractivity contribution < 1.29 is 4.74 Å². The van der Waals surface area contributed by atoms with Gasteiger partial charge in [0.1, 0.15) is 0 Å². The van der Waals surface area contributed by atoms with E-state index >= 15 is 0 Å². The summed E-state index contributed by atoms with van der Waals surface area (Å²) >= 11 is 1.73. The molecule has 0 bridgehead atoms. The van der Waals surface area contributed by atoms with Crippen LogP contribution in [-0.4, -0.2) is 49.7 Å². The first-order chi connectivity index (χ1) is 10.4. The van der Waals surface area contributed by atoms with E-state index in [1.165, 1.54) is 11.4 Å². The highest BCUT2D eigenvalue weighted by atomic mass is 32.1. The Bertz CT molecular complexity index is 506. The molecule has 22 heavy (non-hydrogen) atoms.